The summed E-state index contributed by atoms with van der Waals surface area (Å²) >= 11 is 0. The van der Waals surface area contributed by atoms with Crippen LogP contribution in [0.2, 0.25) is 0 Å². The van der Waals surface area contributed by atoms with E-state index < -0.39 is 0 Å². The number of benzene rings is 1. The number of hydrogen-bond donors (Lipinski definition) is 0. The molecule has 2 aromatic rings. The van der Waals surface area contributed by atoms with E-state index >= 15 is 0 Å². The Labute approximate surface area is 102 Å². The van der Waals surface area contributed by atoms with E-state index in [1.165, 1.54) is 5.56 Å². The first kappa shape index (κ1) is 11.5. The summed E-state index contributed by atoms with van der Waals surface area (Å²) in [6, 6.07) is 14.0. The van der Waals surface area contributed by atoms with Crippen molar-refractivity contribution >= 4 is 5.78 Å². The molecule has 0 aliphatic heterocycles. The summed E-state index contributed by atoms with van der Waals surface area (Å²) in [7, 11) is 0. The van der Waals surface area contributed by atoms with Gasteiger partial charge in [0.2, 0.25) is 0 Å². The first-order chi connectivity index (χ1) is 8.29. The van der Waals surface area contributed by atoms with Gasteiger partial charge in [0, 0.05) is 29.7 Å². The summed E-state index contributed by atoms with van der Waals surface area (Å²) in [5.74, 6) is 0.192. The molecular weight excluding hydrogens is 210 g/mol. The molecule has 1 aromatic carbocycles. The van der Waals surface area contributed by atoms with Gasteiger partial charge in [-0.2, -0.15) is 0 Å². The lowest BCUT2D eigenvalue weighted by Crippen LogP contribution is -2.33. The predicted molar refractivity (Wildman–Crippen MR) is 66.8 cm³/mol. The number of carbonyl (C=O) groups excluding carboxylic acids is 1. The van der Waals surface area contributed by atoms with E-state index in [2.05, 4.69) is 16.7 Å². The third-order valence-electron chi connectivity index (χ3n) is 2.74. The van der Waals surface area contributed by atoms with E-state index in [-0.39, 0.29) is 5.78 Å². The van der Waals surface area contributed by atoms with Crippen molar-refractivity contribution in [1.29, 1.82) is 0 Å². The lowest BCUT2D eigenvalue weighted by Gasteiger charge is -1.99. The van der Waals surface area contributed by atoms with E-state index in [9.17, 15) is 4.79 Å². The molecule has 17 heavy (non-hydrogen) atoms. The Kier molecular flexibility index (Phi) is 3.66. The first-order valence-electron chi connectivity index (χ1n) is 5.86. The van der Waals surface area contributed by atoms with Crippen LogP contribution in [-0.2, 0) is 6.54 Å². The third kappa shape index (κ3) is 3.00. The van der Waals surface area contributed by atoms with Crippen LogP contribution in [0.4, 0.5) is 0 Å². The van der Waals surface area contributed by atoms with Crippen LogP contribution in [0, 0.1) is 0 Å². The minimum atomic E-state index is 0.192. The molecule has 0 aliphatic carbocycles. The zero-order valence-corrected chi connectivity index (χ0v) is 9.97. The number of carbonyl (C=O) groups is 1. The molecular formula is C15H16NO+. The molecule has 0 amide bonds. The van der Waals surface area contributed by atoms with Crippen molar-refractivity contribution in [1.82, 2.24) is 0 Å². The number of pyridine rings is 1. The second-order valence-electron chi connectivity index (χ2n) is 4.02. The van der Waals surface area contributed by atoms with Crippen molar-refractivity contribution in [3.63, 3.8) is 0 Å². The second kappa shape index (κ2) is 5.39. The van der Waals surface area contributed by atoms with Gasteiger partial charge in [0.15, 0.2) is 24.7 Å². The highest BCUT2D eigenvalue weighted by atomic mass is 16.1. The minimum absolute atomic E-state index is 0.192. The van der Waals surface area contributed by atoms with E-state index in [1.807, 2.05) is 49.6 Å². The standard InChI is InChI=1S/C15H16NO/c1-2-15(17)14-8-10-16(11-9-14)12-13-6-4-3-5-7-13/h3-11H,2,12H2,1H3/q+1. The fourth-order valence-electron chi connectivity index (χ4n) is 1.75. The predicted octanol–water partition coefficient (Wildman–Crippen LogP) is 2.62. The summed E-state index contributed by atoms with van der Waals surface area (Å²) in [5, 5.41) is 0. The Hall–Kier alpha value is -1.96. The monoisotopic (exact) mass is 226 g/mol. The molecule has 0 N–H and O–H groups in total. The van der Waals surface area contributed by atoms with Crippen LogP contribution in [0.25, 0.3) is 0 Å². The zero-order valence-electron chi connectivity index (χ0n) is 9.97. The smallest absolute Gasteiger partial charge is 0.173 e. The molecule has 0 unspecified atom stereocenters. The maximum atomic E-state index is 11.5. The highest BCUT2D eigenvalue weighted by molar-refractivity contribution is 5.95. The molecule has 0 saturated carbocycles. The van der Waals surface area contributed by atoms with Crippen molar-refractivity contribution in [3.05, 3.63) is 66.0 Å². The number of hydrogen-bond acceptors (Lipinski definition) is 1. The minimum Gasteiger partial charge on any atom is -0.294 e. The normalized spacial score (nSPS) is 10.2. The van der Waals surface area contributed by atoms with Crippen LogP contribution in [0.3, 0.4) is 0 Å². The van der Waals surface area contributed by atoms with Gasteiger partial charge < -0.3 is 0 Å². The van der Waals surface area contributed by atoms with Crippen LogP contribution in [0.15, 0.2) is 54.9 Å². The fraction of sp³-hybridized carbons (Fsp3) is 0.200. The Morgan fingerprint density at radius 3 is 2.29 bits per heavy atom. The molecule has 0 aliphatic rings. The molecule has 2 nitrogen and oxygen atoms in total. The van der Waals surface area contributed by atoms with Crippen LogP contribution >= 0.6 is 0 Å². The molecule has 86 valence electrons. The van der Waals surface area contributed by atoms with E-state index in [4.69, 9.17) is 0 Å². The number of aromatic nitrogens is 1. The molecule has 1 aromatic heterocycles. The average Bonchev–Trinajstić information content (AvgIpc) is 2.40. The van der Waals surface area contributed by atoms with Gasteiger partial charge in [0.05, 0.1) is 0 Å². The topological polar surface area (TPSA) is 20.9 Å². The van der Waals surface area contributed by atoms with Gasteiger partial charge in [-0.3, -0.25) is 4.79 Å². The summed E-state index contributed by atoms with van der Waals surface area (Å²) in [4.78, 5) is 11.5. The SMILES string of the molecule is CCC(=O)c1cc[n+](Cc2ccccc2)cc1. The van der Waals surface area contributed by atoms with Gasteiger partial charge >= 0.3 is 0 Å². The van der Waals surface area contributed by atoms with Gasteiger partial charge in [0.1, 0.15) is 0 Å². The number of Topliss-reactive ketones (excluding diaryl/α,β-unsaturated/α-hetero) is 1. The van der Waals surface area contributed by atoms with Crippen molar-refractivity contribution in [2.24, 2.45) is 0 Å². The van der Waals surface area contributed by atoms with Gasteiger partial charge in [-0.25, -0.2) is 4.57 Å². The molecule has 0 saturated heterocycles. The van der Waals surface area contributed by atoms with E-state index in [0.717, 1.165) is 12.1 Å². The van der Waals surface area contributed by atoms with Gasteiger partial charge in [-0.05, 0) is 0 Å². The molecule has 0 atom stereocenters. The largest absolute Gasteiger partial charge is 0.294 e. The summed E-state index contributed by atoms with van der Waals surface area (Å²) < 4.78 is 2.07. The summed E-state index contributed by atoms with van der Waals surface area (Å²) in [6.07, 6.45) is 4.47. The highest BCUT2D eigenvalue weighted by Crippen LogP contribution is 2.01. The van der Waals surface area contributed by atoms with Crippen LogP contribution in [-0.4, -0.2) is 5.78 Å². The first-order valence-corrected chi connectivity index (χ1v) is 5.86. The maximum absolute atomic E-state index is 11.5. The van der Waals surface area contributed by atoms with Gasteiger partial charge in [0.25, 0.3) is 0 Å². The van der Waals surface area contributed by atoms with Crippen LogP contribution in [0.5, 0.6) is 0 Å². The summed E-state index contributed by atoms with van der Waals surface area (Å²) in [6.45, 7) is 2.72. The maximum Gasteiger partial charge on any atom is 0.173 e. The van der Waals surface area contributed by atoms with Crippen molar-refractivity contribution in [2.75, 3.05) is 0 Å². The number of rotatable bonds is 4. The molecule has 0 fully saturated rings. The van der Waals surface area contributed by atoms with Gasteiger partial charge in [-0.1, -0.05) is 37.3 Å². The lowest BCUT2D eigenvalue weighted by molar-refractivity contribution is -0.688. The molecule has 1 heterocycles. The van der Waals surface area contributed by atoms with E-state index in [1.54, 1.807) is 0 Å². The molecule has 2 heteroatoms. The molecule has 0 spiro atoms. The Bertz CT molecular complexity index is 488. The van der Waals surface area contributed by atoms with Crippen molar-refractivity contribution in [3.8, 4) is 0 Å². The molecule has 0 radical (unpaired) electrons. The third-order valence-corrected chi connectivity index (χ3v) is 2.74. The second-order valence-corrected chi connectivity index (χ2v) is 4.02. The Morgan fingerprint density at radius 1 is 1.06 bits per heavy atom. The summed E-state index contributed by atoms with van der Waals surface area (Å²) in [5.41, 5.74) is 2.05. The number of ketones is 1. The molecule has 0 bridgehead atoms. The van der Waals surface area contributed by atoms with Crippen LogP contribution < -0.4 is 4.57 Å². The average molecular weight is 226 g/mol. The quantitative estimate of drug-likeness (QED) is 0.580. The molecule has 2 rings (SSSR count). The van der Waals surface area contributed by atoms with E-state index in [0.29, 0.717) is 6.42 Å². The highest BCUT2D eigenvalue weighted by Gasteiger charge is 2.06. The zero-order chi connectivity index (χ0) is 12.1. The Morgan fingerprint density at radius 2 is 1.71 bits per heavy atom. The fourth-order valence-corrected chi connectivity index (χ4v) is 1.75. The van der Waals surface area contributed by atoms with Crippen molar-refractivity contribution in [2.45, 2.75) is 19.9 Å². The Balaban J connectivity index is 2.11. The number of nitrogens with zero attached hydrogens (tertiary/aromatic N) is 1. The van der Waals surface area contributed by atoms with Gasteiger partial charge in [-0.15, -0.1) is 0 Å². The van der Waals surface area contributed by atoms with Crippen molar-refractivity contribution < 1.29 is 9.36 Å². The lowest BCUT2D eigenvalue weighted by atomic mass is 10.1. The van der Waals surface area contributed by atoms with Crippen LogP contribution in [0.1, 0.15) is 29.3 Å².